The molecular weight excluding hydrogens is 343 g/mol. The fraction of sp³-hybridized carbons (Fsp3) is 0.500. The van der Waals surface area contributed by atoms with Gasteiger partial charge in [-0.05, 0) is 34.5 Å². The predicted octanol–water partition coefficient (Wildman–Crippen LogP) is 3.00. The number of rotatable bonds is 3. The van der Waals surface area contributed by atoms with Crippen LogP contribution in [0.3, 0.4) is 0 Å². The lowest BCUT2D eigenvalue weighted by molar-refractivity contribution is -0.134. The van der Waals surface area contributed by atoms with E-state index in [9.17, 15) is 21.6 Å². The minimum absolute atomic E-state index is 0.103. The van der Waals surface area contributed by atoms with Crippen molar-refractivity contribution >= 4 is 37.3 Å². The van der Waals surface area contributed by atoms with E-state index in [2.05, 4.69) is 15.9 Å². The van der Waals surface area contributed by atoms with Gasteiger partial charge in [-0.3, -0.25) is 0 Å². The van der Waals surface area contributed by atoms with Gasteiger partial charge in [0.25, 0.3) is 10.0 Å². The summed E-state index contributed by atoms with van der Waals surface area (Å²) in [7, 11) is -3.16. The van der Waals surface area contributed by atoms with Gasteiger partial charge >= 0.3 is 6.18 Å². The van der Waals surface area contributed by atoms with Crippen molar-refractivity contribution in [3.05, 3.63) is 15.4 Å². The zero-order valence-electron chi connectivity index (χ0n) is 8.88. The highest BCUT2D eigenvalue weighted by Crippen LogP contribution is 2.32. The summed E-state index contributed by atoms with van der Waals surface area (Å²) in [6.07, 6.45) is -4.55. The van der Waals surface area contributed by atoms with E-state index in [1.54, 1.807) is 6.92 Å². The smallest absolute Gasteiger partial charge is 0.206 e. The molecular formula is C8H9BrF3NO2S2. The van der Waals surface area contributed by atoms with E-state index >= 15 is 0 Å². The summed E-state index contributed by atoms with van der Waals surface area (Å²) in [6.45, 7) is 0.174. The Kier molecular flexibility index (Phi) is 4.28. The van der Waals surface area contributed by atoms with Gasteiger partial charge in [-0.25, -0.2) is 8.42 Å². The molecule has 0 amide bonds. The highest BCUT2D eigenvalue weighted by Gasteiger charge is 2.35. The van der Waals surface area contributed by atoms with Gasteiger partial charge < -0.3 is 0 Å². The van der Waals surface area contributed by atoms with Gasteiger partial charge in [0, 0.05) is 7.05 Å². The van der Waals surface area contributed by atoms with Crippen LogP contribution in [0.4, 0.5) is 13.2 Å². The number of aryl methyl sites for hydroxylation is 1. The number of sulfonamides is 1. The van der Waals surface area contributed by atoms with E-state index in [1.165, 1.54) is 6.07 Å². The van der Waals surface area contributed by atoms with E-state index in [0.29, 0.717) is 13.7 Å². The molecule has 0 saturated heterocycles. The Bertz CT molecular complexity index is 490. The molecule has 0 aliphatic carbocycles. The average Bonchev–Trinajstić information content (AvgIpc) is 2.44. The molecule has 0 N–H and O–H groups in total. The van der Waals surface area contributed by atoms with Crippen LogP contribution in [0, 0.1) is 6.92 Å². The zero-order valence-corrected chi connectivity index (χ0v) is 12.1. The van der Waals surface area contributed by atoms with Crippen LogP contribution in [0.1, 0.15) is 5.56 Å². The number of thiophene rings is 1. The number of nitrogens with zero attached hydrogens (tertiary/aromatic N) is 1. The summed E-state index contributed by atoms with van der Waals surface area (Å²) >= 11 is 4.03. The highest BCUT2D eigenvalue weighted by atomic mass is 79.9. The van der Waals surface area contributed by atoms with Gasteiger partial charge in [-0.1, -0.05) is 0 Å². The Hall–Kier alpha value is -0.120. The minimum Gasteiger partial charge on any atom is -0.206 e. The molecule has 0 atom stereocenters. The third kappa shape index (κ3) is 3.67. The summed E-state index contributed by atoms with van der Waals surface area (Å²) in [5.74, 6) is 0. The quantitative estimate of drug-likeness (QED) is 0.839. The second-order valence-electron chi connectivity index (χ2n) is 3.40. The second-order valence-corrected chi connectivity index (χ2v) is 8.04. The Morgan fingerprint density at radius 1 is 1.47 bits per heavy atom. The van der Waals surface area contributed by atoms with Crippen molar-refractivity contribution in [2.75, 3.05) is 13.6 Å². The lowest BCUT2D eigenvalue weighted by Gasteiger charge is -2.17. The van der Waals surface area contributed by atoms with Gasteiger partial charge in [0.05, 0.1) is 3.79 Å². The van der Waals surface area contributed by atoms with Gasteiger partial charge in [-0.2, -0.15) is 17.5 Å². The van der Waals surface area contributed by atoms with Crippen molar-refractivity contribution in [1.82, 2.24) is 4.31 Å². The van der Waals surface area contributed by atoms with Crippen LogP contribution in [0.5, 0.6) is 0 Å². The SMILES string of the molecule is Cc1cc(S(=O)(=O)N(C)CC(F)(F)F)sc1Br. The van der Waals surface area contributed by atoms with Crippen molar-refractivity contribution in [2.24, 2.45) is 0 Å². The Balaban J connectivity index is 3.03. The molecule has 1 heterocycles. The molecule has 0 bridgehead atoms. The summed E-state index contributed by atoms with van der Waals surface area (Å²) in [5, 5.41) is 0. The van der Waals surface area contributed by atoms with Crippen molar-refractivity contribution in [3.8, 4) is 0 Å². The molecule has 0 spiro atoms. The van der Waals surface area contributed by atoms with Crippen molar-refractivity contribution in [2.45, 2.75) is 17.3 Å². The lowest BCUT2D eigenvalue weighted by atomic mass is 10.4. The van der Waals surface area contributed by atoms with E-state index in [4.69, 9.17) is 0 Å². The molecule has 9 heteroatoms. The molecule has 0 radical (unpaired) electrons. The molecule has 0 saturated carbocycles. The van der Waals surface area contributed by atoms with Crippen LogP contribution in [0.2, 0.25) is 0 Å². The molecule has 3 nitrogen and oxygen atoms in total. The average molecular weight is 352 g/mol. The van der Waals surface area contributed by atoms with Crippen LogP contribution in [-0.4, -0.2) is 32.5 Å². The number of alkyl halides is 3. The minimum atomic E-state index is -4.55. The second kappa shape index (κ2) is 4.87. The van der Waals surface area contributed by atoms with Crippen LogP contribution in [0.25, 0.3) is 0 Å². The van der Waals surface area contributed by atoms with E-state index in [-0.39, 0.29) is 4.21 Å². The third-order valence-corrected chi connectivity index (χ3v) is 6.29. The molecule has 0 aliphatic rings. The molecule has 0 fully saturated rings. The van der Waals surface area contributed by atoms with Gasteiger partial charge in [0.15, 0.2) is 0 Å². The van der Waals surface area contributed by atoms with Crippen LogP contribution in [-0.2, 0) is 10.0 Å². The molecule has 0 aliphatic heterocycles. The number of hydrogen-bond donors (Lipinski definition) is 0. The summed E-state index contributed by atoms with van der Waals surface area (Å²) in [6, 6.07) is 1.34. The predicted molar refractivity (Wildman–Crippen MR) is 62.6 cm³/mol. The first kappa shape index (κ1) is 14.9. The summed E-state index contributed by atoms with van der Waals surface area (Å²) in [4.78, 5) is 0. The monoisotopic (exact) mass is 351 g/mol. The molecule has 1 rings (SSSR count). The lowest BCUT2D eigenvalue weighted by Crippen LogP contribution is -2.35. The van der Waals surface area contributed by atoms with Gasteiger partial charge in [0.2, 0.25) is 0 Å². The van der Waals surface area contributed by atoms with Crippen LogP contribution < -0.4 is 0 Å². The zero-order chi connectivity index (χ0) is 13.4. The molecule has 0 aromatic carbocycles. The van der Waals surface area contributed by atoms with Crippen molar-refractivity contribution < 1.29 is 21.6 Å². The van der Waals surface area contributed by atoms with Gasteiger partial charge in [0.1, 0.15) is 10.8 Å². The van der Waals surface area contributed by atoms with Gasteiger partial charge in [-0.15, -0.1) is 11.3 Å². The Labute approximate surface area is 109 Å². The first-order valence-corrected chi connectivity index (χ1v) is 7.38. The molecule has 1 aromatic rings. The first-order chi connectivity index (χ1) is 7.54. The largest absolute Gasteiger partial charge is 0.402 e. The molecule has 0 unspecified atom stereocenters. The fourth-order valence-corrected chi connectivity index (χ4v) is 4.64. The van der Waals surface area contributed by atoms with Crippen molar-refractivity contribution in [3.63, 3.8) is 0 Å². The topological polar surface area (TPSA) is 37.4 Å². The first-order valence-electron chi connectivity index (χ1n) is 4.33. The summed E-state index contributed by atoms with van der Waals surface area (Å²) in [5.41, 5.74) is 0.675. The van der Waals surface area contributed by atoms with Crippen molar-refractivity contribution in [1.29, 1.82) is 0 Å². The summed E-state index contributed by atoms with van der Waals surface area (Å²) < 4.78 is 60.7. The maximum atomic E-state index is 12.1. The number of halogens is 4. The van der Waals surface area contributed by atoms with Crippen LogP contribution >= 0.6 is 27.3 Å². The molecule has 17 heavy (non-hydrogen) atoms. The Morgan fingerprint density at radius 2 is 2.00 bits per heavy atom. The normalized spacial score (nSPS) is 13.4. The maximum absolute atomic E-state index is 12.1. The maximum Gasteiger partial charge on any atom is 0.402 e. The standard InChI is InChI=1S/C8H9BrF3NO2S2/c1-5-3-6(16-7(5)9)17(14,15)13(2)4-8(10,11)12/h3H,4H2,1-2H3. The number of hydrogen-bond acceptors (Lipinski definition) is 3. The molecule has 98 valence electrons. The highest BCUT2D eigenvalue weighted by molar-refractivity contribution is 9.11. The van der Waals surface area contributed by atoms with Crippen LogP contribution in [0.15, 0.2) is 14.1 Å². The van der Waals surface area contributed by atoms with E-state index in [1.807, 2.05) is 0 Å². The van der Waals surface area contributed by atoms with E-state index in [0.717, 1.165) is 18.4 Å². The molecule has 1 aromatic heterocycles. The van der Waals surface area contributed by atoms with E-state index < -0.39 is 22.7 Å². The third-order valence-electron chi connectivity index (χ3n) is 1.90. The Morgan fingerprint density at radius 3 is 2.35 bits per heavy atom. The fourth-order valence-electron chi connectivity index (χ4n) is 1.05.